The fraction of sp³-hybridized carbons (Fsp3) is 0.467. The van der Waals surface area contributed by atoms with Gasteiger partial charge in [0.05, 0.1) is 13.2 Å². The number of morpholine rings is 1. The van der Waals surface area contributed by atoms with Crippen molar-refractivity contribution in [3.8, 4) is 0 Å². The summed E-state index contributed by atoms with van der Waals surface area (Å²) in [6, 6.07) is 3.33. The number of hydrogen-bond acceptors (Lipinski definition) is 3. The zero-order valence-electron chi connectivity index (χ0n) is 12.2. The molecule has 1 unspecified atom stereocenters. The van der Waals surface area contributed by atoms with Crippen LogP contribution >= 0.6 is 0 Å². The first-order valence-electron chi connectivity index (χ1n) is 6.92. The number of halogens is 1. The Labute approximate surface area is 123 Å². The lowest BCUT2D eigenvalue weighted by molar-refractivity contribution is -0.136. The Morgan fingerprint density at radius 3 is 2.62 bits per heavy atom. The fourth-order valence-electron chi connectivity index (χ4n) is 2.28. The summed E-state index contributed by atoms with van der Waals surface area (Å²) in [6.07, 6.45) is 0. The maximum atomic E-state index is 13.0. The maximum Gasteiger partial charge on any atom is 0.252 e. The molecule has 1 aromatic carbocycles. The van der Waals surface area contributed by atoms with Crippen molar-refractivity contribution in [1.82, 2.24) is 10.2 Å². The topological polar surface area (TPSA) is 58.6 Å². The lowest BCUT2D eigenvalue weighted by Crippen LogP contribution is -2.50. The Bertz CT molecular complexity index is 542. The van der Waals surface area contributed by atoms with Gasteiger partial charge in [0.25, 0.3) is 5.91 Å². The van der Waals surface area contributed by atoms with Gasteiger partial charge in [-0.1, -0.05) is 0 Å². The molecule has 1 saturated heterocycles. The van der Waals surface area contributed by atoms with Gasteiger partial charge in [-0.3, -0.25) is 9.59 Å². The van der Waals surface area contributed by atoms with Gasteiger partial charge in [0, 0.05) is 18.7 Å². The highest BCUT2D eigenvalue weighted by atomic mass is 19.1. The number of ether oxygens (including phenoxy) is 1. The Morgan fingerprint density at radius 2 is 2.00 bits per heavy atom. The van der Waals surface area contributed by atoms with E-state index in [9.17, 15) is 14.0 Å². The second-order valence-electron chi connectivity index (χ2n) is 5.09. The average molecular weight is 294 g/mol. The summed E-state index contributed by atoms with van der Waals surface area (Å²) in [5.41, 5.74) is 0.913. The molecule has 1 aliphatic rings. The van der Waals surface area contributed by atoms with Gasteiger partial charge >= 0.3 is 0 Å². The molecule has 1 aromatic rings. The first kappa shape index (κ1) is 15.4. The molecule has 2 rings (SSSR count). The summed E-state index contributed by atoms with van der Waals surface area (Å²) >= 11 is 0. The van der Waals surface area contributed by atoms with Crippen LogP contribution in [0.2, 0.25) is 0 Å². The minimum Gasteiger partial charge on any atom is -0.378 e. The second kappa shape index (κ2) is 6.67. The third kappa shape index (κ3) is 3.78. The van der Waals surface area contributed by atoms with Gasteiger partial charge in [-0.05, 0) is 37.6 Å². The van der Waals surface area contributed by atoms with E-state index in [-0.39, 0.29) is 17.6 Å². The number of carbonyl (C=O) groups is 2. The minimum atomic E-state index is -0.625. The Balaban J connectivity index is 1.99. The van der Waals surface area contributed by atoms with Crippen LogP contribution in [0, 0.1) is 12.7 Å². The summed E-state index contributed by atoms with van der Waals surface area (Å²) in [4.78, 5) is 26.0. The van der Waals surface area contributed by atoms with E-state index in [4.69, 9.17) is 4.74 Å². The molecule has 2 amide bonds. The molecule has 5 nitrogen and oxygen atoms in total. The van der Waals surface area contributed by atoms with E-state index in [0.29, 0.717) is 37.4 Å². The smallest absolute Gasteiger partial charge is 0.252 e. The van der Waals surface area contributed by atoms with Crippen LogP contribution in [0.25, 0.3) is 0 Å². The predicted octanol–water partition coefficient (Wildman–Crippen LogP) is 1.11. The van der Waals surface area contributed by atoms with E-state index in [1.54, 1.807) is 18.7 Å². The SMILES string of the molecule is Cc1cc(F)ccc1C(=O)NC(C)C(=O)N1CCOCC1. The van der Waals surface area contributed by atoms with Gasteiger partial charge in [0.2, 0.25) is 5.91 Å². The molecule has 0 radical (unpaired) electrons. The number of rotatable bonds is 3. The summed E-state index contributed by atoms with van der Waals surface area (Å²) in [6.45, 7) is 5.41. The molecule has 21 heavy (non-hydrogen) atoms. The zero-order chi connectivity index (χ0) is 15.4. The van der Waals surface area contributed by atoms with Crippen molar-refractivity contribution in [2.75, 3.05) is 26.3 Å². The van der Waals surface area contributed by atoms with Crippen LogP contribution in [0.15, 0.2) is 18.2 Å². The molecule has 0 bridgehead atoms. The molecule has 1 atom stereocenters. The molecule has 1 aliphatic heterocycles. The summed E-state index contributed by atoms with van der Waals surface area (Å²) in [7, 11) is 0. The third-order valence-electron chi connectivity index (χ3n) is 3.47. The monoisotopic (exact) mass is 294 g/mol. The maximum absolute atomic E-state index is 13.0. The average Bonchev–Trinajstić information content (AvgIpc) is 2.47. The molecular formula is C15H19FN2O3. The quantitative estimate of drug-likeness (QED) is 0.908. The number of aryl methyl sites for hydroxylation is 1. The predicted molar refractivity (Wildman–Crippen MR) is 75.5 cm³/mol. The molecule has 0 aliphatic carbocycles. The van der Waals surface area contributed by atoms with Crippen LogP contribution in [0.1, 0.15) is 22.8 Å². The highest BCUT2D eigenvalue weighted by Crippen LogP contribution is 2.10. The van der Waals surface area contributed by atoms with E-state index in [2.05, 4.69) is 5.32 Å². The molecule has 1 fully saturated rings. The Morgan fingerprint density at radius 1 is 1.33 bits per heavy atom. The van der Waals surface area contributed by atoms with Gasteiger partial charge in [0.1, 0.15) is 11.9 Å². The standard InChI is InChI=1S/C15H19FN2O3/c1-10-9-12(16)3-4-13(10)14(19)17-11(2)15(20)18-5-7-21-8-6-18/h3-4,9,11H,5-8H2,1-2H3,(H,17,19). The number of benzene rings is 1. The largest absolute Gasteiger partial charge is 0.378 e. The van der Waals surface area contributed by atoms with E-state index < -0.39 is 6.04 Å². The number of nitrogens with zero attached hydrogens (tertiary/aromatic N) is 1. The fourth-order valence-corrected chi connectivity index (χ4v) is 2.28. The van der Waals surface area contributed by atoms with E-state index >= 15 is 0 Å². The number of hydrogen-bond donors (Lipinski definition) is 1. The van der Waals surface area contributed by atoms with Crippen molar-refractivity contribution in [2.45, 2.75) is 19.9 Å². The molecule has 6 heteroatoms. The first-order chi connectivity index (χ1) is 9.99. The van der Waals surface area contributed by atoms with E-state index in [1.807, 2.05) is 0 Å². The van der Waals surface area contributed by atoms with Crippen molar-refractivity contribution in [3.63, 3.8) is 0 Å². The van der Waals surface area contributed by atoms with Crippen molar-refractivity contribution >= 4 is 11.8 Å². The van der Waals surface area contributed by atoms with Crippen LogP contribution in [-0.4, -0.2) is 49.1 Å². The molecule has 1 N–H and O–H groups in total. The van der Waals surface area contributed by atoms with Crippen LogP contribution in [-0.2, 0) is 9.53 Å². The normalized spacial score (nSPS) is 16.4. The van der Waals surface area contributed by atoms with Crippen LogP contribution < -0.4 is 5.32 Å². The lowest BCUT2D eigenvalue weighted by Gasteiger charge is -2.29. The number of carbonyl (C=O) groups excluding carboxylic acids is 2. The molecule has 0 aromatic heterocycles. The summed E-state index contributed by atoms with van der Waals surface area (Å²) < 4.78 is 18.2. The third-order valence-corrected chi connectivity index (χ3v) is 3.47. The van der Waals surface area contributed by atoms with Gasteiger partial charge in [-0.15, -0.1) is 0 Å². The van der Waals surface area contributed by atoms with E-state index in [0.717, 1.165) is 0 Å². The van der Waals surface area contributed by atoms with Crippen LogP contribution in [0.4, 0.5) is 4.39 Å². The van der Waals surface area contributed by atoms with Gasteiger partial charge < -0.3 is 15.0 Å². The Hall–Kier alpha value is -1.95. The number of nitrogens with one attached hydrogen (secondary N) is 1. The van der Waals surface area contributed by atoms with Crippen LogP contribution in [0.3, 0.4) is 0 Å². The highest BCUT2D eigenvalue weighted by molar-refractivity contribution is 5.98. The van der Waals surface area contributed by atoms with Gasteiger partial charge in [-0.2, -0.15) is 0 Å². The van der Waals surface area contributed by atoms with Crippen molar-refractivity contribution in [1.29, 1.82) is 0 Å². The molecule has 114 valence electrons. The van der Waals surface area contributed by atoms with Gasteiger partial charge in [0.15, 0.2) is 0 Å². The lowest BCUT2D eigenvalue weighted by atomic mass is 10.1. The number of amides is 2. The minimum absolute atomic E-state index is 0.133. The first-order valence-corrected chi connectivity index (χ1v) is 6.92. The molecule has 0 spiro atoms. The van der Waals surface area contributed by atoms with E-state index in [1.165, 1.54) is 18.2 Å². The highest BCUT2D eigenvalue weighted by Gasteiger charge is 2.24. The Kier molecular flexibility index (Phi) is 4.90. The molecular weight excluding hydrogens is 275 g/mol. The van der Waals surface area contributed by atoms with Crippen molar-refractivity contribution in [3.05, 3.63) is 35.1 Å². The molecule has 0 saturated carbocycles. The summed E-state index contributed by atoms with van der Waals surface area (Å²) in [5, 5.41) is 2.66. The van der Waals surface area contributed by atoms with Crippen molar-refractivity contribution < 1.29 is 18.7 Å². The zero-order valence-corrected chi connectivity index (χ0v) is 12.2. The second-order valence-corrected chi connectivity index (χ2v) is 5.09. The summed E-state index contributed by atoms with van der Waals surface area (Å²) in [5.74, 6) is -0.894. The van der Waals surface area contributed by atoms with Crippen molar-refractivity contribution in [2.24, 2.45) is 0 Å². The van der Waals surface area contributed by atoms with Gasteiger partial charge in [-0.25, -0.2) is 4.39 Å². The molecule has 1 heterocycles. The van der Waals surface area contributed by atoms with Crippen LogP contribution in [0.5, 0.6) is 0 Å².